The van der Waals surface area contributed by atoms with Gasteiger partial charge in [0, 0.05) is 26.4 Å². The molecule has 0 amide bonds. The van der Waals surface area contributed by atoms with Gasteiger partial charge in [-0.3, -0.25) is 4.68 Å². The number of nitrogens with one attached hydrogen (secondary N) is 2. The van der Waals surface area contributed by atoms with E-state index in [4.69, 9.17) is 30.9 Å². The lowest BCUT2D eigenvalue weighted by Gasteiger charge is -2.23. The molecule has 0 aliphatic carbocycles. The first kappa shape index (κ1) is 19.2. The lowest BCUT2D eigenvalue weighted by Crippen LogP contribution is -2.30. The zero-order valence-corrected chi connectivity index (χ0v) is 16.8. The molecule has 2 aromatic heterocycles. The summed E-state index contributed by atoms with van der Waals surface area (Å²) in [5.74, 6) is 1.51. The summed E-state index contributed by atoms with van der Waals surface area (Å²) in [4.78, 5) is 8.79. The summed E-state index contributed by atoms with van der Waals surface area (Å²) < 4.78 is 19.4. The van der Waals surface area contributed by atoms with Gasteiger partial charge in [-0.1, -0.05) is 11.6 Å². The summed E-state index contributed by atoms with van der Waals surface area (Å²) >= 11 is 6.24. The van der Waals surface area contributed by atoms with E-state index in [1.54, 1.807) is 6.20 Å². The molecule has 2 aliphatic rings. The Morgan fingerprint density at radius 2 is 2.18 bits per heavy atom. The molecule has 4 rings (SSSR count). The number of halogens is 1. The number of rotatable bonds is 3. The number of nitrogens with zero attached hydrogens (tertiary/aromatic N) is 4. The van der Waals surface area contributed by atoms with Crippen molar-refractivity contribution in [3.63, 3.8) is 0 Å². The highest BCUT2D eigenvalue weighted by atomic mass is 35.5. The summed E-state index contributed by atoms with van der Waals surface area (Å²) in [6.07, 6.45) is 3.26. The molecular formula is C18H25ClN6O3. The molecule has 1 saturated heterocycles. The number of hydrogen-bond acceptors (Lipinski definition) is 8. The molecule has 2 aromatic rings. The molecule has 152 valence electrons. The second kappa shape index (κ2) is 8.50. The summed E-state index contributed by atoms with van der Waals surface area (Å²) in [5.41, 5.74) is 1.74. The van der Waals surface area contributed by atoms with Crippen LogP contribution in [0.3, 0.4) is 0 Å². The molecule has 1 atom stereocenters. The fraction of sp³-hybridized carbons (Fsp3) is 0.611. The molecule has 0 aromatic carbocycles. The second-order valence-corrected chi connectivity index (χ2v) is 7.25. The Labute approximate surface area is 168 Å². The normalized spacial score (nSPS) is 20.3. The molecule has 1 unspecified atom stereocenters. The van der Waals surface area contributed by atoms with Crippen LogP contribution in [0, 0.1) is 6.92 Å². The highest BCUT2D eigenvalue weighted by Crippen LogP contribution is 2.35. The highest BCUT2D eigenvalue weighted by molar-refractivity contribution is 6.32. The first-order valence-corrected chi connectivity index (χ1v) is 9.98. The second-order valence-electron chi connectivity index (χ2n) is 6.84. The van der Waals surface area contributed by atoms with E-state index in [1.807, 2.05) is 18.5 Å². The Hall–Kier alpha value is -2.10. The van der Waals surface area contributed by atoms with Crippen LogP contribution >= 0.6 is 11.6 Å². The van der Waals surface area contributed by atoms with Crippen LogP contribution in [0.25, 0.3) is 0 Å². The van der Waals surface area contributed by atoms with Crippen molar-refractivity contribution in [1.29, 1.82) is 0 Å². The summed E-state index contributed by atoms with van der Waals surface area (Å²) in [6.45, 7) is 6.92. The van der Waals surface area contributed by atoms with Crippen LogP contribution in [0.4, 0.5) is 17.5 Å². The van der Waals surface area contributed by atoms with Crippen LogP contribution in [0.1, 0.15) is 31.5 Å². The topological polar surface area (TPSA) is 95.4 Å². The molecule has 0 spiro atoms. The molecule has 2 bridgehead atoms. The van der Waals surface area contributed by atoms with Gasteiger partial charge in [-0.05, 0) is 26.7 Å². The maximum absolute atomic E-state index is 6.24. The van der Waals surface area contributed by atoms with Gasteiger partial charge in [0.2, 0.25) is 5.95 Å². The van der Waals surface area contributed by atoms with Crippen LogP contribution in [0.5, 0.6) is 5.88 Å². The third-order valence-electron chi connectivity index (χ3n) is 4.94. The molecule has 9 nitrogen and oxygen atoms in total. The lowest BCUT2D eigenvalue weighted by atomic mass is 10.1. The van der Waals surface area contributed by atoms with Crippen LogP contribution in [0.15, 0.2) is 6.20 Å². The first-order valence-electron chi connectivity index (χ1n) is 9.60. The fourth-order valence-corrected chi connectivity index (χ4v) is 3.63. The summed E-state index contributed by atoms with van der Waals surface area (Å²) in [6, 6.07) is 0.283. The number of anilines is 3. The van der Waals surface area contributed by atoms with Gasteiger partial charge >= 0.3 is 0 Å². The third kappa shape index (κ3) is 4.01. The maximum atomic E-state index is 6.24. The van der Waals surface area contributed by atoms with Crippen LogP contribution < -0.4 is 15.4 Å². The maximum Gasteiger partial charge on any atom is 0.257 e. The lowest BCUT2D eigenvalue weighted by molar-refractivity contribution is 0.0345. The minimum Gasteiger partial charge on any atom is -0.472 e. The molecule has 0 radical (unpaired) electrons. The van der Waals surface area contributed by atoms with Crippen molar-refractivity contribution in [2.75, 3.05) is 43.6 Å². The van der Waals surface area contributed by atoms with Gasteiger partial charge in [0.25, 0.3) is 5.88 Å². The highest BCUT2D eigenvalue weighted by Gasteiger charge is 2.25. The van der Waals surface area contributed by atoms with Crippen molar-refractivity contribution < 1.29 is 14.2 Å². The molecule has 1 fully saturated rings. The van der Waals surface area contributed by atoms with Gasteiger partial charge in [0.15, 0.2) is 5.82 Å². The van der Waals surface area contributed by atoms with Gasteiger partial charge in [-0.2, -0.15) is 4.98 Å². The number of hydrogen-bond donors (Lipinski definition) is 2. The average molecular weight is 409 g/mol. The first-order chi connectivity index (χ1) is 13.7. The molecule has 2 aliphatic heterocycles. The van der Waals surface area contributed by atoms with E-state index in [-0.39, 0.29) is 12.1 Å². The van der Waals surface area contributed by atoms with E-state index in [2.05, 4.69) is 20.6 Å². The van der Waals surface area contributed by atoms with E-state index in [0.29, 0.717) is 42.4 Å². The minimum absolute atomic E-state index is 0.168. The number of fused-ring (bicyclic) bond motifs is 3. The molecule has 4 heterocycles. The molecule has 28 heavy (non-hydrogen) atoms. The Bertz CT molecular complexity index is 824. The van der Waals surface area contributed by atoms with E-state index < -0.39 is 0 Å². The van der Waals surface area contributed by atoms with Gasteiger partial charge in [0.1, 0.15) is 23.4 Å². The van der Waals surface area contributed by atoms with Crippen molar-refractivity contribution in [1.82, 2.24) is 19.7 Å². The minimum atomic E-state index is -0.168. The van der Waals surface area contributed by atoms with E-state index in [1.165, 1.54) is 0 Å². The fourth-order valence-electron chi connectivity index (χ4n) is 3.47. The predicted octanol–water partition coefficient (Wildman–Crippen LogP) is 2.94. The predicted molar refractivity (Wildman–Crippen MR) is 106 cm³/mol. The molecule has 0 saturated carbocycles. The smallest absolute Gasteiger partial charge is 0.257 e. The van der Waals surface area contributed by atoms with Crippen molar-refractivity contribution in [2.45, 2.75) is 38.8 Å². The van der Waals surface area contributed by atoms with E-state index in [9.17, 15) is 0 Å². The Morgan fingerprint density at radius 3 is 2.96 bits per heavy atom. The Morgan fingerprint density at radius 1 is 1.36 bits per heavy atom. The van der Waals surface area contributed by atoms with Gasteiger partial charge in [-0.15, -0.1) is 5.10 Å². The van der Waals surface area contributed by atoms with E-state index in [0.717, 1.165) is 37.4 Å². The SMILES string of the molecule is CCOC1CNc2nc(ncc2Cl)Nc2c(nn(C3CCOCC3)c2C)OC1. The Kier molecular flexibility index (Phi) is 5.84. The van der Waals surface area contributed by atoms with Gasteiger partial charge < -0.3 is 24.8 Å². The average Bonchev–Trinajstić information content (AvgIpc) is 3.01. The molecular weight excluding hydrogens is 384 g/mol. The third-order valence-corrected chi connectivity index (χ3v) is 5.22. The Balaban J connectivity index is 1.71. The largest absolute Gasteiger partial charge is 0.472 e. The zero-order chi connectivity index (χ0) is 19.5. The van der Waals surface area contributed by atoms with Crippen LogP contribution in [-0.2, 0) is 9.47 Å². The van der Waals surface area contributed by atoms with Crippen LogP contribution in [-0.4, -0.2) is 58.8 Å². The van der Waals surface area contributed by atoms with Crippen molar-refractivity contribution in [3.8, 4) is 5.88 Å². The monoisotopic (exact) mass is 408 g/mol. The van der Waals surface area contributed by atoms with Crippen molar-refractivity contribution in [3.05, 3.63) is 16.9 Å². The number of aromatic nitrogens is 4. The summed E-state index contributed by atoms with van der Waals surface area (Å²) in [5, 5.41) is 11.7. The molecule has 2 N–H and O–H groups in total. The van der Waals surface area contributed by atoms with Crippen molar-refractivity contribution >= 4 is 29.1 Å². The van der Waals surface area contributed by atoms with Crippen LogP contribution in [0.2, 0.25) is 5.02 Å². The molecule has 10 heteroatoms. The van der Waals surface area contributed by atoms with Gasteiger partial charge in [-0.25, -0.2) is 4.98 Å². The summed E-state index contributed by atoms with van der Waals surface area (Å²) in [7, 11) is 0. The zero-order valence-electron chi connectivity index (χ0n) is 16.1. The van der Waals surface area contributed by atoms with Gasteiger partial charge in [0.05, 0.1) is 17.9 Å². The standard InChI is InChI=1S/C18H25ClN6O3/c1-3-27-13-8-20-16-14(19)9-21-18(23-16)22-15-11(2)25(24-17(15)28-10-13)12-4-6-26-7-5-12/h9,12-13H,3-8,10H2,1-2H3,(H2,20,21,22,23). The number of ether oxygens (including phenoxy) is 3. The van der Waals surface area contributed by atoms with E-state index >= 15 is 0 Å². The van der Waals surface area contributed by atoms with Crippen molar-refractivity contribution in [2.24, 2.45) is 0 Å². The quantitative estimate of drug-likeness (QED) is 0.800.